The summed E-state index contributed by atoms with van der Waals surface area (Å²) in [6.07, 6.45) is -2.10. The van der Waals surface area contributed by atoms with Gasteiger partial charge in [-0.2, -0.15) is 18.3 Å². The third-order valence-corrected chi connectivity index (χ3v) is 4.96. The van der Waals surface area contributed by atoms with Gasteiger partial charge in [-0.3, -0.25) is 14.2 Å². The maximum Gasteiger partial charge on any atom is 0.416 e. The van der Waals surface area contributed by atoms with Crippen LogP contribution in [0.25, 0.3) is 16.7 Å². The Morgan fingerprint density at radius 1 is 1.12 bits per heavy atom. The lowest BCUT2D eigenvalue weighted by atomic mass is 10.1. The number of carbonyl (C=O) groups is 1. The molecule has 2 aromatic heterocycles. The summed E-state index contributed by atoms with van der Waals surface area (Å²) in [5.74, 6) is -0.380. The fraction of sp³-hybridized carbons (Fsp3) is 0.182. The highest BCUT2D eigenvalue weighted by atomic mass is 19.4. The Morgan fingerprint density at radius 3 is 2.59 bits per heavy atom. The SMILES string of the molecule is C[C@H](NC(=O)Cn1cnc2c(cnn2-c2cccc(C(F)(F)F)c2)c1=O)c1ccccc1. The van der Waals surface area contributed by atoms with E-state index in [2.05, 4.69) is 15.4 Å². The molecule has 164 valence electrons. The van der Waals surface area contributed by atoms with Gasteiger partial charge in [0.25, 0.3) is 5.56 Å². The molecule has 0 fully saturated rings. The Balaban J connectivity index is 1.58. The number of aromatic nitrogens is 4. The lowest BCUT2D eigenvalue weighted by Gasteiger charge is -2.14. The topological polar surface area (TPSA) is 81.8 Å². The summed E-state index contributed by atoms with van der Waals surface area (Å²) in [5, 5.41) is 6.94. The van der Waals surface area contributed by atoms with Crippen molar-refractivity contribution in [1.29, 1.82) is 0 Å². The van der Waals surface area contributed by atoms with E-state index in [0.717, 1.165) is 26.9 Å². The van der Waals surface area contributed by atoms with Crippen LogP contribution >= 0.6 is 0 Å². The molecule has 0 bridgehead atoms. The maximum atomic E-state index is 13.0. The van der Waals surface area contributed by atoms with Crippen LogP contribution in [0.15, 0.2) is 71.9 Å². The molecule has 0 spiro atoms. The average molecular weight is 441 g/mol. The van der Waals surface area contributed by atoms with E-state index in [1.54, 1.807) is 0 Å². The van der Waals surface area contributed by atoms with E-state index in [-0.39, 0.29) is 35.2 Å². The highest BCUT2D eigenvalue weighted by Crippen LogP contribution is 2.30. The molecule has 0 saturated heterocycles. The number of nitrogens with one attached hydrogen (secondary N) is 1. The number of alkyl halides is 3. The molecule has 0 aliphatic heterocycles. The number of rotatable bonds is 5. The van der Waals surface area contributed by atoms with E-state index in [9.17, 15) is 22.8 Å². The molecule has 0 aliphatic carbocycles. The van der Waals surface area contributed by atoms with Crippen molar-refractivity contribution < 1.29 is 18.0 Å². The molecule has 0 radical (unpaired) electrons. The summed E-state index contributed by atoms with van der Waals surface area (Å²) in [6.45, 7) is 1.57. The Labute approximate surface area is 180 Å². The van der Waals surface area contributed by atoms with Gasteiger partial charge in [0.2, 0.25) is 5.91 Å². The highest BCUT2D eigenvalue weighted by Gasteiger charge is 2.30. The summed E-state index contributed by atoms with van der Waals surface area (Å²) >= 11 is 0. The van der Waals surface area contributed by atoms with Gasteiger partial charge in [0.15, 0.2) is 5.65 Å². The first-order chi connectivity index (χ1) is 15.2. The number of benzene rings is 2. The number of carbonyl (C=O) groups excluding carboxylic acids is 1. The zero-order valence-electron chi connectivity index (χ0n) is 16.9. The van der Waals surface area contributed by atoms with Crippen molar-refractivity contribution in [3.05, 3.63) is 88.6 Å². The van der Waals surface area contributed by atoms with Gasteiger partial charge in [0, 0.05) is 0 Å². The summed E-state index contributed by atoms with van der Waals surface area (Å²) in [4.78, 5) is 29.4. The smallest absolute Gasteiger partial charge is 0.348 e. The number of halogens is 3. The van der Waals surface area contributed by atoms with Crippen molar-refractivity contribution in [3.8, 4) is 5.69 Å². The molecule has 4 aromatic rings. The van der Waals surface area contributed by atoms with Crippen molar-refractivity contribution in [3.63, 3.8) is 0 Å². The van der Waals surface area contributed by atoms with Gasteiger partial charge in [-0.1, -0.05) is 36.4 Å². The first kappa shape index (κ1) is 21.3. The molecule has 7 nitrogen and oxygen atoms in total. The van der Waals surface area contributed by atoms with Crippen LogP contribution in [0.2, 0.25) is 0 Å². The summed E-state index contributed by atoms with van der Waals surface area (Å²) in [5.41, 5.74) is -0.214. The van der Waals surface area contributed by atoms with E-state index in [0.29, 0.717) is 0 Å². The molecule has 2 aromatic carbocycles. The van der Waals surface area contributed by atoms with Crippen molar-refractivity contribution >= 4 is 16.9 Å². The standard InChI is InChI=1S/C22H18F3N5O2/c1-14(15-6-3-2-4-7-15)28-19(31)12-29-13-26-20-18(21(29)32)11-27-30(20)17-9-5-8-16(10-17)22(23,24)25/h2-11,13-14H,12H2,1H3,(H,28,31)/t14-/m0/s1. The maximum absolute atomic E-state index is 13.0. The number of nitrogens with zero attached hydrogens (tertiary/aromatic N) is 4. The van der Waals surface area contributed by atoms with Gasteiger partial charge < -0.3 is 5.32 Å². The van der Waals surface area contributed by atoms with Crippen LogP contribution in [0, 0.1) is 0 Å². The first-order valence-electron chi connectivity index (χ1n) is 9.69. The third kappa shape index (κ3) is 4.25. The monoisotopic (exact) mass is 441 g/mol. The molecule has 0 saturated carbocycles. The number of hydrogen-bond acceptors (Lipinski definition) is 4. The average Bonchev–Trinajstić information content (AvgIpc) is 3.21. The number of fused-ring (bicyclic) bond motifs is 1. The normalized spacial score (nSPS) is 12.6. The summed E-state index contributed by atoms with van der Waals surface area (Å²) in [7, 11) is 0. The third-order valence-electron chi connectivity index (χ3n) is 4.96. The van der Waals surface area contributed by atoms with Crippen LogP contribution < -0.4 is 10.9 Å². The minimum atomic E-state index is -4.51. The first-order valence-corrected chi connectivity index (χ1v) is 9.69. The van der Waals surface area contributed by atoms with Crippen LogP contribution in [-0.2, 0) is 17.5 Å². The molecule has 2 heterocycles. The van der Waals surface area contributed by atoms with E-state index in [1.807, 2.05) is 37.3 Å². The van der Waals surface area contributed by atoms with Crippen molar-refractivity contribution in [2.45, 2.75) is 25.7 Å². The van der Waals surface area contributed by atoms with Crippen molar-refractivity contribution in [1.82, 2.24) is 24.6 Å². The molecular formula is C22H18F3N5O2. The van der Waals surface area contributed by atoms with Crippen LogP contribution in [0.1, 0.15) is 24.1 Å². The second kappa shape index (κ2) is 8.29. The molecule has 1 atom stereocenters. The fourth-order valence-corrected chi connectivity index (χ4v) is 3.33. The van der Waals surface area contributed by atoms with Crippen LogP contribution in [0.5, 0.6) is 0 Å². The molecule has 0 unspecified atom stereocenters. The molecule has 0 aliphatic rings. The van der Waals surface area contributed by atoms with Gasteiger partial charge >= 0.3 is 6.18 Å². The van der Waals surface area contributed by atoms with Gasteiger partial charge in [-0.25, -0.2) is 9.67 Å². The zero-order valence-corrected chi connectivity index (χ0v) is 16.9. The van der Waals surface area contributed by atoms with Crippen LogP contribution in [0.4, 0.5) is 13.2 Å². The Kier molecular flexibility index (Phi) is 5.52. The van der Waals surface area contributed by atoms with Gasteiger partial charge in [-0.05, 0) is 30.7 Å². The zero-order chi connectivity index (χ0) is 22.9. The summed E-state index contributed by atoms with van der Waals surface area (Å²) in [6, 6.07) is 13.7. The van der Waals surface area contributed by atoms with Gasteiger partial charge in [-0.15, -0.1) is 0 Å². The Bertz CT molecular complexity index is 1330. The minimum absolute atomic E-state index is 0.0915. The predicted octanol–water partition coefficient (Wildman–Crippen LogP) is 3.48. The lowest BCUT2D eigenvalue weighted by Crippen LogP contribution is -2.33. The van der Waals surface area contributed by atoms with Crippen molar-refractivity contribution in [2.24, 2.45) is 0 Å². The lowest BCUT2D eigenvalue weighted by molar-refractivity contribution is -0.137. The molecule has 1 amide bonds. The number of hydrogen-bond donors (Lipinski definition) is 1. The van der Waals surface area contributed by atoms with Gasteiger partial charge in [0.1, 0.15) is 18.3 Å². The molecule has 10 heteroatoms. The van der Waals surface area contributed by atoms with E-state index in [4.69, 9.17) is 0 Å². The fourth-order valence-electron chi connectivity index (χ4n) is 3.33. The van der Waals surface area contributed by atoms with E-state index >= 15 is 0 Å². The predicted molar refractivity (Wildman–Crippen MR) is 111 cm³/mol. The van der Waals surface area contributed by atoms with Crippen LogP contribution in [-0.4, -0.2) is 25.2 Å². The van der Waals surface area contributed by atoms with E-state index in [1.165, 1.54) is 24.7 Å². The number of amides is 1. The quantitative estimate of drug-likeness (QED) is 0.514. The second-order valence-electron chi connectivity index (χ2n) is 7.22. The van der Waals surface area contributed by atoms with Crippen molar-refractivity contribution in [2.75, 3.05) is 0 Å². The Morgan fingerprint density at radius 2 is 1.88 bits per heavy atom. The molecular weight excluding hydrogens is 423 g/mol. The molecule has 32 heavy (non-hydrogen) atoms. The molecule has 1 N–H and O–H groups in total. The van der Waals surface area contributed by atoms with E-state index < -0.39 is 17.3 Å². The largest absolute Gasteiger partial charge is 0.416 e. The molecule has 4 rings (SSSR count). The summed E-state index contributed by atoms with van der Waals surface area (Å²) < 4.78 is 41.4. The van der Waals surface area contributed by atoms with Gasteiger partial charge in [0.05, 0.1) is 23.5 Å². The Hall–Kier alpha value is -3.95. The second-order valence-corrected chi connectivity index (χ2v) is 7.22. The van der Waals surface area contributed by atoms with Crippen LogP contribution in [0.3, 0.4) is 0 Å². The minimum Gasteiger partial charge on any atom is -0.348 e. The highest BCUT2D eigenvalue weighted by molar-refractivity contribution is 5.78.